The minimum Gasteiger partial charge on any atom is -0.480 e. The Labute approximate surface area is 150 Å². The van der Waals surface area contributed by atoms with Crippen molar-refractivity contribution in [1.29, 1.82) is 0 Å². The fourth-order valence-electron chi connectivity index (χ4n) is 2.68. The van der Waals surface area contributed by atoms with Crippen LogP contribution in [-0.4, -0.2) is 12.0 Å². The van der Waals surface area contributed by atoms with Gasteiger partial charge < -0.3 is 15.8 Å². The number of carbonyl (C=O) groups excluding carboxylic acids is 1. The van der Waals surface area contributed by atoms with E-state index in [1.54, 1.807) is 6.07 Å². The van der Waals surface area contributed by atoms with E-state index in [1.807, 2.05) is 44.2 Å². The first-order valence-corrected chi connectivity index (χ1v) is 8.88. The van der Waals surface area contributed by atoms with Gasteiger partial charge >= 0.3 is 0 Å². The number of nitrogens with two attached hydrogens (primary N) is 1. The maximum Gasteiger partial charge on any atom is 0.265 e. The minimum absolute atomic E-state index is 0.157. The van der Waals surface area contributed by atoms with Crippen molar-refractivity contribution in [2.45, 2.75) is 52.6 Å². The van der Waals surface area contributed by atoms with Gasteiger partial charge in [0.25, 0.3) is 5.91 Å². The second kappa shape index (κ2) is 8.56. The lowest BCUT2D eigenvalue weighted by Crippen LogP contribution is -2.33. The van der Waals surface area contributed by atoms with Crippen LogP contribution in [0.25, 0.3) is 0 Å². The van der Waals surface area contributed by atoms with E-state index < -0.39 is 6.10 Å². The average Bonchev–Trinajstić information content (AvgIpc) is 2.62. The molecule has 2 aromatic carbocycles. The lowest BCUT2D eigenvalue weighted by molar-refractivity contribution is -0.122. The first kappa shape index (κ1) is 18.8. The number of carbonyl (C=O) groups is 1. The quantitative estimate of drug-likeness (QED) is 0.706. The van der Waals surface area contributed by atoms with E-state index in [0.29, 0.717) is 18.0 Å². The molecule has 0 aliphatic heterocycles. The van der Waals surface area contributed by atoms with Crippen LogP contribution in [0.15, 0.2) is 42.5 Å². The molecule has 25 heavy (non-hydrogen) atoms. The predicted molar refractivity (Wildman–Crippen MR) is 104 cm³/mol. The van der Waals surface area contributed by atoms with E-state index in [9.17, 15) is 4.79 Å². The summed E-state index contributed by atoms with van der Waals surface area (Å²) in [5, 5.41) is 2.94. The first-order valence-electron chi connectivity index (χ1n) is 8.88. The molecule has 2 atom stereocenters. The number of benzene rings is 2. The molecule has 0 unspecified atom stereocenters. The Bertz CT molecular complexity index is 728. The number of para-hydroxylation sites is 1. The molecule has 4 heteroatoms. The summed E-state index contributed by atoms with van der Waals surface area (Å²) in [5.74, 6) is 1.01. The third-order valence-corrected chi connectivity index (χ3v) is 4.51. The smallest absolute Gasteiger partial charge is 0.265 e. The molecule has 2 aromatic rings. The van der Waals surface area contributed by atoms with Gasteiger partial charge in [0.1, 0.15) is 5.75 Å². The fourth-order valence-corrected chi connectivity index (χ4v) is 2.68. The van der Waals surface area contributed by atoms with Crippen LogP contribution in [0.5, 0.6) is 5.75 Å². The Morgan fingerprint density at radius 1 is 1.16 bits per heavy atom. The number of nitrogen functional groups attached to an aromatic ring is 1. The molecular weight excluding hydrogens is 312 g/mol. The number of hydrogen-bond donors (Lipinski definition) is 2. The largest absolute Gasteiger partial charge is 0.480 e. The maximum absolute atomic E-state index is 12.7. The van der Waals surface area contributed by atoms with Crippen molar-refractivity contribution in [3.63, 3.8) is 0 Å². The molecule has 0 saturated carbocycles. The van der Waals surface area contributed by atoms with Crippen molar-refractivity contribution in [2.75, 3.05) is 11.1 Å². The Morgan fingerprint density at radius 2 is 1.88 bits per heavy atom. The number of ether oxygens (including phenoxy) is 1. The summed E-state index contributed by atoms with van der Waals surface area (Å²) in [7, 11) is 0. The summed E-state index contributed by atoms with van der Waals surface area (Å²) in [6.07, 6.45) is 1.06. The van der Waals surface area contributed by atoms with Gasteiger partial charge in [0, 0.05) is 11.4 Å². The first-order chi connectivity index (χ1) is 12.0. The highest BCUT2D eigenvalue weighted by atomic mass is 16.5. The van der Waals surface area contributed by atoms with Gasteiger partial charge in [-0.2, -0.15) is 0 Å². The van der Waals surface area contributed by atoms with Crippen LogP contribution in [0.3, 0.4) is 0 Å². The molecule has 0 aliphatic rings. The number of nitrogens with one attached hydrogen (secondary N) is 1. The van der Waals surface area contributed by atoms with Crippen molar-refractivity contribution in [1.82, 2.24) is 0 Å². The lowest BCUT2D eigenvalue weighted by Gasteiger charge is -2.21. The number of anilines is 2. The molecule has 0 saturated heterocycles. The Balaban J connectivity index is 2.17. The van der Waals surface area contributed by atoms with Gasteiger partial charge in [-0.3, -0.25) is 4.79 Å². The van der Waals surface area contributed by atoms with Crippen LogP contribution in [-0.2, 0) is 4.79 Å². The van der Waals surface area contributed by atoms with E-state index >= 15 is 0 Å². The average molecular weight is 340 g/mol. The fraction of sp³-hybridized carbons (Fsp3) is 0.381. The van der Waals surface area contributed by atoms with Crippen LogP contribution in [0, 0.1) is 6.92 Å². The van der Waals surface area contributed by atoms with Crippen LogP contribution in [0.4, 0.5) is 11.4 Å². The molecular formula is C21H28N2O2. The highest BCUT2D eigenvalue weighted by Crippen LogP contribution is 2.29. The summed E-state index contributed by atoms with van der Waals surface area (Å²) < 4.78 is 6.08. The van der Waals surface area contributed by atoms with Gasteiger partial charge in [-0.1, -0.05) is 45.0 Å². The molecule has 134 valence electrons. The Morgan fingerprint density at radius 3 is 2.56 bits per heavy atom. The zero-order valence-electron chi connectivity index (χ0n) is 15.5. The topological polar surface area (TPSA) is 64.3 Å². The third kappa shape index (κ3) is 4.75. The van der Waals surface area contributed by atoms with Gasteiger partial charge in [-0.25, -0.2) is 0 Å². The molecule has 1 amide bonds. The maximum atomic E-state index is 12.7. The highest BCUT2D eigenvalue weighted by Gasteiger charge is 2.21. The molecule has 0 aliphatic carbocycles. The van der Waals surface area contributed by atoms with Gasteiger partial charge in [-0.15, -0.1) is 0 Å². The van der Waals surface area contributed by atoms with Gasteiger partial charge in [0.15, 0.2) is 6.10 Å². The van der Waals surface area contributed by atoms with Crippen LogP contribution in [0.2, 0.25) is 0 Å². The van der Waals surface area contributed by atoms with Crippen LogP contribution in [0.1, 0.15) is 50.7 Å². The van der Waals surface area contributed by atoms with E-state index in [0.717, 1.165) is 29.0 Å². The second-order valence-corrected chi connectivity index (χ2v) is 6.43. The molecule has 0 radical (unpaired) electrons. The highest BCUT2D eigenvalue weighted by molar-refractivity contribution is 5.95. The van der Waals surface area contributed by atoms with Crippen LogP contribution >= 0.6 is 0 Å². The minimum atomic E-state index is -0.550. The summed E-state index contributed by atoms with van der Waals surface area (Å²) >= 11 is 0. The summed E-state index contributed by atoms with van der Waals surface area (Å²) in [5.41, 5.74) is 9.27. The molecule has 0 bridgehead atoms. The molecule has 2 rings (SSSR count). The van der Waals surface area contributed by atoms with E-state index in [1.165, 1.54) is 0 Å². The molecule has 4 nitrogen and oxygen atoms in total. The molecule has 0 heterocycles. The van der Waals surface area contributed by atoms with E-state index in [2.05, 4.69) is 25.2 Å². The number of hydrogen-bond acceptors (Lipinski definition) is 3. The van der Waals surface area contributed by atoms with Gasteiger partial charge in [0.05, 0.1) is 0 Å². The van der Waals surface area contributed by atoms with Crippen molar-refractivity contribution < 1.29 is 9.53 Å². The molecule has 0 aromatic heterocycles. The second-order valence-electron chi connectivity index (χ2n) is 6.43. The zero-order valence-corrected chi connectivity index (χ0v) is 15.5. The summed E-state index contributed by atoms with van der Waals surface area (Å²) in [6.45, 7) is 8.20. The zero-order chi connectivity index (χ0) is 18.4. The normalized spacial score (nSPS) is 13.1. The van der Waals surface area contributed by atoms with Crippen molar-refractivity contribution in [3.05, 3.63) is 53.6 Å². The molecule has 0 spiro atoms. The third-order valence-electron chi connectivity index (χ3n) is 4.51. The van der Waals surface area contributed by atoms with Crippen molar-refractivity contribution in [3.8, 4) is 5.75 Å². The number of amides is 1. The lowest BCUT2D eigenvalue weighted by atomic mass is 9.98. The van der Waals surface area contributed by atoms with Gasteiger partial charge in [0.2, 0.25) is 0 Å². The summed E-state index contributed by atoms with van der Waals surface area (Å²) in [6, 6.07) is 13.4. The van der Waals surface area contributed by atoms with Crippen molar-refractivity contribution in [2.24, 2.45) is 0 Å². The van der Waals surface area contributed by atoms with E-state index in [-0.39, 0.29) is 5.91 Å². The predicted octanol–water partition coefficient (Wildman–Crippen LogP) is 4.89. The van der Waals surface area contributed by atoms with Gasteiger partial charge in [-0.05, 0) is 55.0 Å². The SMILES string of the molecule is CC[C@H](Oc1ccccc1[C@H](C)CC)C(=O)Nc1cc(N)ccc1C. The molecule has 0 fully saturated rings. The summed E-state index contributed by atoms with van der Waals surface area (Å²) in [4.78, 5) is 12.7. The standard InChI is InChI=1S/C21H28N2O2/c1-5-14(3)17-9-7-8-10-20(17)25-19(6-2)21(24)23-18-13-16(22)12-11-15(18)4/h7-14,19H,5-6,22H2,1-4H3,(H,23,24)/t14-,19+/m1/s1. The monoisotopic (exact) mass is 340 g/mol. The van der Waals surface area contributed by atoms with Crippen molar-refractivity contribution >= 4 is 17.3 Å². The van der Waals surface area contributed by atoms with Crippen LogP contribution < -0.4 is 15.8 Å². The number of aryl methyl sites for hydroxylation is 1. The Hall–Kier alpha value is -2.49. The molecule has 3 N–H and O–H groups in total. The number of rotatable bonds is 7. The Kier molecular flexibility index (Phi) is 6.45. The van der Waals surface area contributed by atoms with E-state index in [4.69, 9.17) is 10.5 Å².